The van der Waals surface area contributed by atoms with Gasteiger partial charge in [-0.15, -0.1) is 0 Å². The molecule has 3 aromatic rings. The molecule has 122 valence electrons. The smallest absolute Gasteiger partial charge is 0.115 e. The molecular weight excluding hydrogens is 302 g/mol. The second-order valence-electron chi connectivity index (χ2n) is 6.22. The van der Waals surface area contributed by atoms with E-state index >= 15 is 0 Å². The molecule has 7 heteroatoms. The van der Waals surface area contributed by atoms with Crippen molar-refractivity contribution < 1.29 is 0 Å². The third-order valence-electron chi connectivity index (χ3n) is 4.27. The van der Waals surface area contributed by atoms with Gasteiger partial charge in [-0.25, -0.2) is 9.97 Å². The Morgan fingerprint density at radius 2 is 2.08 bits per heavy atom. The molecular formula is C17H19N7. The van der Waals surface area contributed by atoms with Gasteiger partial charge in [0.05, 0.1) is 23.3 Å². The second-order valence-corrected chi connectivity index (χ2v) is 6.22. The van der Waals surface area contributed by atoms with E-state index in [2.05, 4.69) is 36.2 Å². The number of aromatic nitrogens is 6. The van der Waals surface area contributed by atoms with Crippen LogP contribution in [0.1, 0.15) is 22.6 Å². The van der Waals surface area contributed by atoms with Crippen LogP contribution in [0.5, 0.6) is 0 Å². The van der Waals surface area contributed by atoms with Gasteiger partial charge in [-0.3, -0.25) is 9.58 Å². The highest BCUT2D eigenvalue weighted by Gasteiger charge is 2.19. The van der Waals surface area contributed by atoms with E-state index in [1.165, 1.54) is 5.56 Å². The summed E-state index contributed by atoms with van der Waals surface area (Å²) in [7, 11) is 1.90. The second kappa shape index (κ2) is 6.09. The number of rotatable bonds is 3. The molecule has 0 aliphatic carbocycles. The maximum absolute atomic E-state index is 4.42. The van der Waals surface area contributed by atoms with E-state index in [1.807, 2.05) is 32.4 Å². The van der Waals surface area contributed by atoms with Gasteiger partial charge in [-0.1, -0.05) is 0 Å². The van der Waals surface area contributed by atoms with E-state index < -0.39 is 0 Å². The lowest BCUT2D eigenvalue weighted by molar-refractivity contribution is 0.239. The predicted molar refractivity (Wildman–Crippen MR) is 88.8 cm³/mol. The first-order valence-corrected chi connectivity index (χ1v) is 8.02. The van der Waals surface area contributed by atoms with Crippen LogP contribution in [0.2, 0.25) is 0 Å². The third kappa shape index (κ3) is 3.03. The highest BCUT2D eigenvalue weighted by Crippen LogP contribution is 2.23. The van der Waals surface area contributed by atoms with Crippen LogP contribution in [0.25, 0.3) is 11.3 Å². The molecule has 0 aromatic carbocycles. The topological polar surface area (TPSA) is 72.6 Å². The van der Waals surface area contributed by atoms with Gasteiger partial charge in [0.15, 0.2) is 0 Å². The van der Waals surface area contributed by atoms with Gasteiger partial charge in [0.1, 0.15) is 6.33 Å². The normalized spacial score (nSPS) is 14.6. The monoisotopic (exact) mass is 321 g/mol. The first kappa shape index (κ1) is 14.9. The van der Waals surface area contributed by atoms with E-state index in [1.54, 1.807) is 11.0 Å². The van der Waals surface area contributed by atoms with Crippen molar-refractivity contribution in [3.63, 3.8) is 0 Å². The number of aryl methyl sites for hydroxylation is 2. The Morgan fingerprint density at radius 1 is 1.17 bits per heavy atom. The number of hydrogen-bond donors (Lipinski definition) is 0. The lowest BCUT2D eigenvalue weighted by Crippen LogP contribution is -2.31. The zero-order chi connectivity index (χ0) is 16.5. The molecule has 0 saturated heterocycles. The molecule has 0 spiro atoms. The van der Waals surface area contributed by atoms with E-state index in [9.17, 15) is 0 Å². The van der Waals surface area contributed by atoms with Crippen LogP contribution in [0, 0.1) is 6.92 Å². The zero-order valence-electron chi connectivity index (χ0n) is 13.8. The first-order valence-electron chi connectivity index (χ1n) is 8.02. The summed E-state index contributed by atoms with van der Waals surface area (Å²) in [5, 5.41) is 13.0. The molecule has 24 heavy (non-hydrogen) atoms. The highest BCUT2D eigenvalue weighted by atomic mass is 15.2. The van der Waals surface area contributed by atoms with Crippen LogP contribution in [-0.4, -0.2) is 41.4 Å². The molecule has 0 unspecified atom stereocenters. The summed E-state index contributed by atoms with van der Waals surface area (Å²) >= 11 is 0. The Labute approximate surface area is 140 Å². The Hall–Kier alpha value is -2.67. The van der Waals surface area contributed by atoms with E-state index in [-0.39, 0.29) is 0 Å². The summed E-state index contributed by atoms with van der Waals surface area (Å²) in [6.07, 6.45) is 6.33. The molecule has 4 rings (SSSR count). The average Bonchev–Trinajstić information content (AvgIpc) is 3.01. The van der Waals surface area contributed by atoms with Gasteiger partial charge < -0.3 is 0 Å². The van der Waals surface area contributed by atoms with Crippen LogP contribution in [-0.2, 0) is 26.6 Å². The number of fused-ring (bicyclic) bond motifs is 1. The standard InChI is InChI=1S/C17H19N7/c1-12-5-15(19-11-18-12)10-24-4-3-16-13(9-24)6-17(22-21-16)14-7-20-23(2)8-14/h5-8,11H,3-4,9-10H2,1-2H3. The Balaban J connectivity index is 1.55. The van der Waals surface area contributed by atoms with Crippen molar-refractivity contribution in [2.45, 2.75) is 26.4 Å². The largest absolute Gasteiger partial charge is 0.293 e. The molecule has 0 bridgehead atoms. The maximum atomic E-state index is 4.42. The summed E-state index contributed by atoms with van der Waals surface area (Å²) < 4.78 is 1.78. The van der Waals surface area contributed by atoms with Crippen molar-refractivity contribution in [3.05, 3.63) is 53.5 Å². The van der Waals surface area contributed by atoms with Gasteiger partial charge in [-0.05, 0) is 24.6 Å². The van der Waals surface area contributed by atoms with Crippen LogP contribution in [0.15, 0.2) is 30.9 Å². The fraction of sp³-hybridized carbons (Fsp3) is 0.353. The third-order valence-corrected chi connectivity index (χ3v) is 4.27. The summed E-state index contributed by atoms with van der Waals surface area (Å²) in [5.41, 5.74) is 6.26. The molecule has 4 heterocycles. The SMILES string of the molecule is Cc1cc(CN2CCc3nnc(-c4cnn(C)c4)cc3C2)ncn1. The maximum Gasteiger partial charge on any atom is 0.115 e. The molecule has 0 N–H and O–H groups in total. The molecule has 0 atom stereocenters. The molecule has 0 saturated carbocycles. The van der Waals surface area contributed by atoms with Crippen LogP contribution < -0.4 is 0 Å². The van der Waals surface area contributed by atoms with Gasteiger partial charge >= 0.3 is 0 Å². The van der Waals surface area contributed by atoms with Crippen molar-refractivity contribution in [3.8, 4) is 11.3 Å². The Kier molecular flexibility index (Phi) is 3.78. The van der Waals surface area contributed by atoms with Gasteiger partial charge in [-0.2, -0.15) is 15.3 Å². The van der Waals surface area contributed by atoms with Crippen LogP contribution in [0.3, 0.4) is 0 Å². The summed E-state index contributed by atoms with van der Waals surface area (Å²) in [5.74, 6) is 0. The minimum Gasteiger partial charge on any atom is -0.293 e. The van der Waals surface area contributed by atoms with Crippen molar-refractivity contribution in [1.29, 1.82) is 0 Å². The molecule has 0 fully saturated rings. The minimum atomic E-state index is 0.827. The number of nitrogens with zero attached hydrogens (tertiary/aromatic N) is 7. The summed E-state index contributed by atoms with van der Waals surface area (Å²) in [6, 6.07) is 4.18. The van der Waals surface area contributed by atoms with Crippen LogP contribution >= 0.6 is 0 Å². The number of hydrogen-bond acceptors (Lipinski definition) is 6. The van der Waals surface area contributed by atoms with E-state index in [0.29, 0.717) is 0 Å². The van der Waals surface area contributed by atoms with Crippen molar-refractivity contribution in [2.75, 3.05) is 6.54 Å². The summed E-state index contributed by atoms with van der Waals surface area (Å²) in [6.45, 7) is 4.65. The predicted octanol–water partition coefficient (Wildman–Crippen LogP) is 1.53. The lowest BCUT2D eigenvalue weighted by atomic mass is 10.0. The van der Waals surface area contributed by atoms with E-state index in [0.717, 1.165) is 54.4 Å². The quantitative estimate of drug-likeness (QED) is 0.728. The summed E-state index contributed by atoms with van der Waals surface area (Å²) in [4.78, 5) is 10.9. The molecule has 1 aliphatic heterocycles. The fourth-order valence-corrected chi connectivity index (χ4v) is 3.04. The molecule has 0 radical (unpaired) electrons. The lowest BCUT2D eigenvalue weighted by Gasteiger charge is -2.27. The van der Waals surface area contributed by atoms with Gasteiger partial charge in [0.2, 0.25) is 0 Å². The highest BCUT2D eigenvalue weighted by molar-refractivity contribution is 5.57. The molecule has 3 aromatic heterocycles. The fourth-order valence-electron chi connectivity index (χ4n) is 3.04. The van der Waals surface area contributed by atoms with E-state index in [4.69, 9.17) is 0 Å². The molecule has 7 nitrogen and oxygen atoms in total. The molecule has 1 aliphatic rings. The minimum absolute atomic E-state index is 0.827. The van der Waals surface area contributed by atoms with Crippen molar-refractivity contribution in [1.82, 2.24) is 34.8 Å². The van der Waals surface area contributed by atoms with Crippen LogP contribution in [0.4, 0.5) is 0 Å². The van der Waals surface area contributed by atoms with Gasteiger partial charge in [0.25, 0.3) is 0 Å². The van der Waals surface area contributed by atoms with Crippen molar-refractivity contribution >= 4 is 0 Å². The van der Waals surface area contributed by atoms with Gasteiger partial charge in [0, 0.05) is 50.6 Å². The Morgan fingerprint density at radius 3 is 2.88 bits per heavy atom. The first-order chi connectivity index (χ1) is 11.7. The molecule has 0 amide bonds. The van der Waals surface area contributed by atoms with Crippen molar-refractivity contribution in [2.24, 2.45) is 7.05 Å². The zero-order valence-corrected chi connectivity index (χ0v) is 13.8. The average molecular weight is 321 g/mol. The Bertz CT molecular complexity index is 871.